The van der Waals surface area contributed by atoms with Gasteiger partial charge in [0.05, 0.1) is 55.1 Å². The molecule has 0 radical (unpaired) electrons. The molecule has 6 N–H and O–H groups in total. The summed E-state index contributed by atoms with van der Waals surface area (Å²) in [5, 5.41) is 82.3. The summed E-state index contributed by atoms with van der Waals surface area (Å²) in [7, 11) is -15.0. The molecule has 0 aliphatic heterocycles. The molecule has 2 aliphatic rings. The number of carbonyl (C=O) groups is 1. The molecular formula is C40H25ClN10Na3O16S3+. The van der Waals surface area contributed by atoms with Gasteiger partial charge in [0, 0.05) is 11.5 Å². The van der Waals surface area contributed by atoms with Gasteiger partial charge in [0.2, 0.25) is 5.78 Å². The SMILES string of the molecule is O=C1C=C([N-]c2ccc(N=Nc3cc(S(=O)(=O)O)cc4cc(S(=O)(=O)O)c(N=Nc5ccc(N(O)O)cc5Cl)c([O-])c34)c([O-])c2)C=CC1=NN=C1C=CC(=Nc2ccc([N+](=O)[O-])cc2[S+](=O)(O)O)C=C1.[Na+].[Na+].[Na+]. The molecular weight excluding hydrogens is 1080 g/mol. The number of nitrogens with zero attached hydrogens (tertiary/aromatic N) is 10. The molecule has 26 nitrogen and oxygen atoms in total. The minimum absolute atomic E-state index is 0. The Morgan fingerprint density at radius 1 is 0.712 bits per heavy atom. The van der Waals surface area contributed by atoms with Gasteiger partial charge in [0.15, 0.2) is 0 Å². The van der Waals surface area contributed by atoms with E-state index in [2.05, 4.69) is 41.0 Å². The normalized spacial score (nSPS) is 14.2. The van der Waals surface area contributed by atoms with Crippen LogP contribution < -0.4 is 104 Å². The molecule has 0 saturated heterocycles. The largest absolute Gasteiger partial charge is 1.00 e. The molecule has 358 valence electrons. The van der Waals surface area contributed by atoms with E-state index in [1.54, 1.807) is 0 Å². The van der Waals surface area contributed by atoms with E-state index in [0.29, 0.717) is 18.2 Å². The van der Waals surface area contributed by atoms with E-state index in [4.69, 9.17) is 11.6 Å². The van der Waals surface area contributed by atoms with Crippen molar-refractivity contribution in [2.45, 2.75) is 14.7 Å². The van der Waals surface area contributed by atoms with Crippen LogP contribution in [0.15, 0.2) is 171 Å². The number of ketones is 1. The van der Waals surface area contributed by atoms with Crippen LogP contribution in [0.3, 0.4) is 0 Å². The molecule has 0 aromatic heterocycles. The summed E-state index contributed by atoms with van der Waals surface area (Å²) >= 11 is 6.10. The maximum atomic E-state index is 13.9. The number of nitro groups is 1. The molecule has 5 aromatic carbocycles. The van der Waals surface area contributed by atoms with Crippen molar-refractivity contribution in [2.24, 2.45) is 35.7 Å². The van der Waals surface area contributed by atoms with Crippen LogP contribution in [0, 0.1) is 10.1 Å². The van der Waals surface area contributed by atoms with E-state index >= 15 is 0 Å². The van der Waals surface area contributed by atoms with Gasteiger partial charge >= 0.3 is 99.2 Å². The maximum absolute atomic E-state index is 13.9. The fraction of sp³-hybridized carbons (Fsp3) is 0. The summed E-state index contributed by atoms with van der Waals surface area (Å²) in [6.07, 6.45) is 9.47. The molecule has 0 heterocycles. The molecule has 73 heavy (non-hydrogen) atoms. The van der Waals surface area contributed by atoms with Crippen molar-refractivity contribution < 1.29 is 158 Å². The van der Waals surface area contributed by atoms with Crippen molar-refractivity contribution in [3.63, 3.8) is 0 Å². The monoisotopic (exact) mass is 1100 g/mol. The van der Waals surface area contributed by atoms with Crippen LogP contribution in [-0.2, 0) is 39.7 Å². The summed E-state index contributed by atoms with van der Waals surface area (Å²) in [5.41, 5.74) is -2.78. The molecule has 0 atom stereocenters. The summed E-state index contributed by atoms with van der Waals surface area (Å²) in [6.45, 7) is 0. The third-order valence-corrected chi connectivity index (χ3v) is 12.2. The first-order chi connectivity index (χ1) is 32.8. The average molecular weight is 1100 g/mol. The number of benzene rings is 5. The minimum Gasteiger partial charge on any atom is -0.871 e. The van der Waals surface area contributed by atoms with Gasteiger partial charge in [-0.2, -0.15) is 36.2 Å². The smallest absolute Gasteiger partial charge is 0.871 e. The Morgan fingerprint density at radius 2 is 1.34 bits per heavy atom. The fourth-order valence-electron chi connectivity index (χ4n) is 6.08. The number of rotatable bonds is 13. The summed E-state index contributed by atoms with van der Waals surface area (Å²) < 4.78 is 100. The molecule has 2 aliphatic carbocycles. The molecule has 0 unspecified atom stereocenters. The molecule has 0 saturated carbocycles. The maximum Gasteiger partial charge on any atom is 1.00 e. The Hall–Kier alpha value is -5.10. The van der Waals surface area contributed by atoms with Crippen molar-refractivity contribution >= 4 is 122 Å². The Labute approximate surface area is 483 Å². The van der Waals surface area contributed by atoms with E-state index in [0.717, 1.165) is 54.6 Å². The van der Waals surface area contributed by atoms with Crippen LogP contribution in [0.5, 0.6) is 11.5 Å². The van der Waals surface area contributed by atoms with Crippen LogP contribution in [-0.4, -0.2) is 73.3 Å². The van der Waals surface area contributed by atoms with Gasteiger partial charge in [0.1, 0.15) is 22.0 Å². The zero-order chi connectivity index (χ0) is 50.9. The summed E-state index contributed by atoms with van der Waals surface area (Å²) in [6, 6.07) is 11.5. The van der Waals surface area contributed by atoms with Crippen LogP contribution in [0.25, 0.3) is 16.1 Å². The second kappa shape index (κ2) is 24.5. The predicted molar refractivity (Wildman–Crippen MR) is 245 cm³/mol. The zero-order valence-corrected chi connectivity index (χ0v) is 46.5. The standard InChI is InChI=1S/C40H27ClN10O16S3.3Na/c41-28-17-25(50(55)56)7-11-29(28)45-49-39-37(70(65,66)67)14-20-13-27(68(59,60)61)19-33(38(20)40(39)54)48-47-31-10-6-24(16-35(31)53)42-23-5-9-30(34(52)15-23)46-44-22-3-1-21(2-4-22)43-32-12-8-26(51(57)58)18-36(32)69(62,63)64;;;/h1-19,55-56H,(H6-,42,45,48,52,53,54,59,60,61,62,63,64,65,66,67);;;/q;3*+1/p-2. The topological polar surface area (TPSA) is 417 Å². The van der Waals surface area contributed by atoms with Gasteiger partial charge in [-0.15, -0.1) is 37.1 Å². The second-order valence-corrected chi connectivity index (χ2v) is 18.7. The summed E-state index contributed by atoms with van der Waals surface area (Å²) in [5.74, 6) is -2.75. The van der Waals surface area contributed by atoms with Gasteiger partial charge in [-0.25, -0.2) is 4.99 Å². The number of halogens is 1. The van der Waals surface area contributed by atoms with Gasteiger partial charge in [-0.1, -0.05) is 41.3 Å². The molecule has 5 aromatic rings. The summed E-state index contributed by atoms with van der Waals surface area (Å²) in [4.78, 5) is 24.6. The third kappa shape index (κ3) is 14.8. The Balaban J connectivity index is 0.00000385. The minimum atomic E-state index is -5.29. The number of fused-ring (bicyclic) bond motifs is 1. The number of aliphatic imine (C=N–C) groups is 1. The second-order valence-electron chi connectivity index (χ2n) is 14.0. The predicted octanol–water partition coefficient (Wildman–Crippen LogP) is -1.00. The van der Waals surface area contributed by atoms with Gasteiger partial charge in [-0.05, 0) is 94.6 Å². The number of hydrogen-bond donors (Lipinski definition) is 6. The molecule has 0 amide bonds. The van der Waals surface area contributed by atoms with E-state index in [9.17, 15) is 74.8 Å². The first-order valence-corrected chi connectivity index (χ1v) is 23.5. The molecule has 33 heteroatoms. The van der Waals surface area contributed by atoms with Gasteiger partial charge in [0.25, 0.3) is 30.8 Å². The van der Waals surface area contributed by atoms with Crippen molar-refractivity contribution in [2.75, 3.05) is 5.23 Å². The van der Waals surface area contributed by atoms with E-state index in [-0.39, 0.29) is 145 Å². The Kier molecular flexibility index (Phi) is 20.3. The van der Waals surface area contributed by atoms with Crippen LogP contribution in [0.2, 0.25) is 5.02 Å². The zero-order valence-electron chi connectivity index (χ0n) is 37.3. The molecule has 7 rings (SSSR count). The first kappa shape index (κ1) is 60.5. The van der Waals surface area contributed by atoms with Crippen molar-refractivity contribution in [1.29, 1.82) is 0 Å². The van der Waals surface area contributed by atoms with Crippen molar-refractivity contribution in [1.82, 2.24) is 0 Å². The number of carbonyl (C=O) groups excluding carboxylic acids is 1. The number of allylic oxidation sites excluding steroid dienone is 7. The van der Waals surface area contributed by atoms with Crippen LogP contribution in [0.1, 0.15) is 0 Å². The number of non-ortho nitro benzene ring substituents is 1. The molecule has 0 spiro atoms. The number of hydrogen-bond acceptors (Lipinski definition) is 20. The van der Waals surface area contributed by atoms with Gasteiger partial charge in [-0.3, -0.25) is 34.4 Å². The first-order valence-electron chi connectivity index (χ1n) is 18.8. The van der Waals surface area contributed by atoms with Crippen LogP contribution in [0.4, 0.5) is 45.5 Å². The Morgan fingerprint density at radius 3 is 1.93 bits per heavy atom. The number of nitro benzene ring substituents is 1. The van der Waals surface area contributed by atoms with E-state index in [1.807, 2.05) is 0 Å². The molecule has 0 fully saturated rings. The quantitative estimate of drug-likeness (QED) is 0.0120. The Bertz CT molecular complexity index is 3660. The van der Waals surface area contributed by atoms with Gasteiger partial charge < -0.3 is 15.5 Å². The van der Waals surface area contributed by atoms with Crippen LogP contribution >= 0.6 is 11.6 Å². The number of anilines is 1. The van der Waals surface area contributed by atoms with E-state index in [1.165, 1.54) is 42.5 Å². The number of azo groups is 2. The van der Waals surface area contributed by atoms with Crippen molar-refractivity contribution in [3.8, 4) is 11.5 Å². The molecule has 0 bridgehead atoms. The average Bonchev–Trinajstić information content (AvgIpc) is 3.27. The fourth-order valence-corrected chi connectivity index (χ4v) is 8.14. The third-order valence-electron chi connectivity index (χ3n) is 9.30. The van der Waals surface area contributed by atoms with Crippen molar-refractivity contribution in [3.05, 3.63) is 141 Å². The van der Waals surface area contributed by atoms with E-state index < -0.39 is 101 Å².